The minimum absolute atomic E-state index is 0.00299. The lowest BCUT2D eigenvalue weighted by Crippen LogP contribution is -2.33. The van der Waals surface area contributed by atoms with Crippen LogP contribution in [0.1, 0.15) is 26.3 Å². The second kappa shape index (κ2) is 9.76. The lowest BCUT2D eigenvalue weighted by atomic mass is 10.1. The molecule has 0 unspecified atom stereocenters. The van der Waals surface area contributed by atoms with Crippen molar-refractivity contribution in [3.63, 3.8) is 0 Å². The number of benzene rings is 2. The monoisotopic (exact) mass is 421 g/mol. The molecule has 0 spiro atoms. The first kappa shape index (κ1) is 21.8. The number of carbonyl (C=O) groups is 1. The Morgan fingerprint density at radius 1 is 1.13 bits per heavy atom. The number of amides is 1. The molecular formula is C24H27N3O2S. The summed E-state index contributed by atoms with van der Waals surface area (Å²) in [6, 6.07) is 15.2. The van der Waals surface area contributed by atoms with Crippen LogP contribution in [0.3, 0.4) is 0 Å². The van der Waals surface area contributed by atoms with Gasteiger partial charge in [0.2, 0.25) is 5.91 Å². The summed E-state index contributed by atoms with van der Waals surface area (Å²) >= 11 is 1.30. The lowest BCUT2D eigenvalue weighted by Gasteiger charge is -2.21. The van der Waals surface area contributed by atoms with E-state index < -0.39 is 0 Å². The maximum absolute atomic E-state index is 13.4. The van der Waals surface area contributed by atoms with Gasteiger partial charge in [0.25, 0.3) is 5.56 Å². The third-order valence-corrected chi connectivity index (χ3v) is 5.80. The van der Waals surface area contributed by atoms with Gasteiger partial charge in [0, 0.05) is 13.1 Å². The number of nitrogens with zero attached hydrogens (tertiary/aromatic N) is 3. The molecule has 0 aliphatic carbocycles. The van der Waals surface area contributed by atoms with Crippen molar-refractivity contribution in [3.8, 4) is 5.69 Å². The summed E-state index contributed by atoms with van der Waals surface area (Å²) in [5, 5.41) is 1.09. The zero-order valence-corrected chi connectivity index (χ0v) is 18.5. The maximum atomic E-state index is 13.4. The highest BCUT2D eigenvalue weighted by Gasteiger charge is 2.18. The Bertz CT molecular complexity index is 1140. The molecule has 0 saturated carbocycles. The van der Waals surface area contributed by atoms with Gasteiger partial charge >= 0.3 is 0 Å². The molecule has 2 aromatic carbocycles. The normalized spacial score (nSPS) is 10.9. The van der Waals surface area contributed by atoms with Gasteiger partial charge in [0.1, 0.15) is 0 Å². The second-order valence-electron chi connectivity index (χ2n) is 7.19. The molecule has 1 aromatic heterocycles. The van der Waals surface area contributed by atoms with E-state index in [4.69, 9.17) is 4.98 Å². The Morgan fingerprint density at radius 2 is 1.83 bits per heavy atom. The van der Waals surface area contributed by atoms with Crippen molar-refractivity contribution >= 4 is 28.6 Å². The van der Waals surface area contributed by atoms with Gasteiger partial charge < -0.3 is 4.90 Å². The van der Waals surface area contributed by atoms with Gasteiger partial charge in [-0.2, -0.15) is 0 Å². The highest BCUT2D eigenvalue weighted by molar-refractivity contribution is 7.99. The van der Waals surface area contributed by atoms with Crippen LogP contribution in [-0.4, -0.2) is 39.2 Å². The molecule has 0 N–H and O–H groups in total. The third kappa shape index (κ3) is 4.65. The number of likely N-dealkylation sites (N-methyl/N-ethyl adjacent to an activating group) is 1. The van der Waals surface area contributed by atoms with Crippen LogP contribution >= 0.6 is 11.8 Å². The van der Waals surface area contributed by atoms with Crippen molar-refractivity contribution in [1.29, 1.82) is 0 Å². The standard InChI is InChI=1S/C24H27N3O2S/c1-5-18-11-7-10-14-21(18)27-23(29)19-12-8-9-13-20(19)25-24(27)30-16-22(28)26(6-2)15-17(3)4/h7-14H,3,5-6,15-16H2,1-2,4H3. The van der Waals surface area contributed by atoms with E-state index in [1.54, 1.807) is 15.5 Å². The molecule has 1 heterocycles. The number of aromatic nitrogens is 2. The molecule has 0 aliphatic heterocycles. The summed E-state index contributed by atoms with van der Waals surface area (Å²) < 4.78 is 1.65. The molecule has 1 amide bonds. The van der Waals surface area contributed by atoms with Crippen LogP contribution in [0.4, 0.5) is 0 Å². The fourth-order valence-corrected chi connectivity index (χ4v) is 4.28. The van der Waals surface area contributed by atoms with Crippen LogP contribution in [0.5, 0.6) is 0 Å². The van der Waals surface area contributed by atoms with Gasteiger partial charge in [-0.05, 0) is 44.0 Å². The average molecular weight is 422 g/mol. The minimum Gasteiger partial charge on any atom is -0.338 e. The van der Waals surface area contributed by atoms with Crippen LogP contribution in [0, 0.1) is 0 Å². The quantitative estimate of drug-likeness (QED) is 0.306. The van der Waals surface area contributed by atoms with E-state index in [1.165, 1.54) is 11.8 Å². The van der Waals surface area contributed by atoms with E-state index in [0.717, 1.165) is 23.2 Å². The van der Waals surface area contributed by atoms with E-state index in [2.05, 4.69) is 13.5 Å². The fourth-order valence-electron chi connectivity index (χ4n) is 3.37. The van der Waals surface area contributed by atoms with Crippen LogP contribution in [0.2, 0.25) is 0 Å². The number of thioether (sulfide) groups is 1. The van der Waals surface area contributed by atoms with Gasteiger partial charge in [-0.15, -0.1) is 0 Å². The summed E-state index contributed by atoms with van der Waals surface area (Å²) in [5.74, 6) is 0.212. The number of hydrogen-bond donors (Lipinski definition) is 0. The Balaban J connectivity index is 2.06. The maximum Gasteiger partial charge on any atom is 0.266 e. The highest BCUT2D eigenvalue weighted by Crippen LogP contribution is 2.24. The zero-order chi connectivity index (χ0) is 21.7. The van der Waals surface area contributed by atoms with Crippen LogP contribution in [0.25, 0.3) is 16.6 Å². The first-order valence-corrected chi connectivity index (χ1v) is 11.1. The van der Waals surface area contributed by atoms with E-state index in [1.807, 2.05) is 56.3 Å². The van der Waals surface area contributed by atoms with Crippen molar-refractivity contribution < 1.29 is 4.79 Å². The molecular weight excluding hydrogens is 394 g/mol. The van der Waals surface area contributed by atoms with E-state index in [9.17, 15) is 9.59 Å². The molecule has 5 nitrogen and oxygen atoms in total. The van der Waals surface area contributed by atoms with Crippen LogP contribution < -0.4 is 5.56 Å². The first-order chi connectivity index (χ1) is 14.5. The largest absolute Gasteiger partial charge is 0.338 e. The number of fused-ring (bicyclic) bond motifs is 1. The van der Waals surface area contributed by atoms with E-state index in [-0.39, 0.29) is 17.2 Å². The first-order valence-electron chi connectivity index (χ1n) is 10.1. The molecule has 0 atom stereocenters. The molecule has 156 valence electrons. The van der Waals surface area contributed by atoms with Crippen molar-refractivity contribution in [2.45, 2.75) is 32.3 Å². The summed E-state index contributed by atoms with van der Waals surface area (Å²) in [7, 11) is 0. The Labute approximate surface area is 181 Å². The molecule has 0 radical (unpaired) electrons. The molecule has 6 heteroatoms. The smallest absolute Gasteiger partial charge is 0.266 e. The van der Waals surface area contributed by atoms with E-state index >= 15 is 0 Å². The number of hydrogen-bond acceptors (Lipinski definition) is 4. The third-order valence-electron chi connectivity index (χ3n) is 4.88. The predicted molar refractivity (Wildman–Crippen MR) is 125 cm³/mol. The molecule has 0 aliphatic rings. The summed E-state index contributed by atoms with van der Waals surface area (Å²) in [4.78, 5) is 32.7. The minimum atomic E-state index is -0.120. The summed E-state index contributed by atoms with van der Waals surface area (Å²) in [5.41, 5.74) is 3.32. The topological polar surface area (TPSA) is 55.2 Å². The Hall–Kier alpha value is -2.86. The predicted octanol–water partition coefficient (Wildman–Crippen LogP) is 4.46. The summed E-state index contributed by atoms with van der Waals surface area (Å²) in [6.07, 6.45) is 0.792. The number of para-hydroxylation sites is 2. The molecule has 30 heavy (non-hydrogen) atoms. The highest BCUT2D eigenvalue weighted by atomic mass is 32.2. The van der Waals surface area contributed by atoms with Crippen molar-refractivity contribution in [1.82, 2.24) is 14.5 Å². The Morgan fingerprint density at radius 3 is 2.53 bits per heavy atom. The van der Waals surface area contributed by atoms with Gasteiger partial charge in [-0.25, -0.2) is 4.98 Å². The SMILES string of the molecule is C=C(C)CN(CC)C(=O)CSc1nc2ccccc2c(=O)n1-c1ccccc1CC. The van der Waals surface area contributed by atoms with Crippen molar-refractivity contribution in [3.05, 3.63) is 76.6 Å². The fraction of sp³-hybridized carbons (Fsp3) is 0.292. The number of carbonyl (C=O) groups excluding carboxylic acids is 1. The van der Waals surface area contributed by atoms with Gasteiger partial charge in [0.05, 0.1) is 22.3 Å². The average Bonchev–Trinajstić information content (AvgIpc) is 2.75. The zero-order valence-electron chi connectivity index (χ0n) is 17.7. The van der Waals surface area contributed by atoms with Crippen molar-refractivity contribution in [2.24, 2.45) is 0 Å². The molecule has 0 saturated heterocycles. The Kier molecular flexibility index (Phi) is 7.11. The second-order valence-corrected chi connectivity index (χ2v) is 8.13. The molecule has 0 fully saturated rings. The molecule has 3 aromatic rings. The summed E-state index contributed by atoms with van der Waals surface area (Å²) in [6.45, 7) is 11.0. The van der Waals surface area contributed by atoms with Gasteiger partial charge in [0.15, 0.2) is 5.16 Å². The lowest BCUT2D eigenvalue weighted by molar-refractivity contribution is -0.127. The number of aryl methyl sites for hydroxylation is 1. The van der Waals surface area contributed by atoms with Crippen LogP contribution in [0.15, 0.2) is 70.6 Å². The van der Waals surface area contributed by atoms with Crippen LogP contribution in [-0.2, 0) is 11.2 Å². The molecule has 0 bridgehead atoms. The van der Waals surface area contributed by atoms with Gasteiger partial charge in [-0.1, -0.05) is 61.2 Å². The van der Waals surface area contributed by atoms with Gasteiger partial charge in [-0.3, -0.25) is 14.2 Å². The molecule has 3 rings (SSSR count). The van der Waals surface area contributed by atoms with Crippen molar-refractivity contribution in [2.75, 3.05) is 18.8 Å². The van der Waals surface area contributed by atoms with E-state index in [0.29, 0.717) is 29.1 Å². The number of rotatable bonds is 8.